The van der Waals surface area contributed by atoms with Gasteiger partial charge >= 0.3 is 0 Å². The van der Waals surface area contributed by atoms with Crippen molar-refractivity contribution in [2.24, 2.45) is 0 Å². The first-order valence-electron chi connectivity index (χ1n) is 8.78. The molecule has 0 saturated carbocycles. The molecule has 0 amide bonds. The highest BCUT2D eigenvalue weighted by atomic mass is 19.1. The molecule has 0 aliphatic rings. The van der Waals surface area contributed by atoms with Gasteiger partial charge in [-0.15, -0.1) is 0 Å². The van der Waals surface area contributed by atoms with Crippen molar-refractivity contribution < 1.29 is 4.39 Å². The summed E-state index contributed by atoms with van der Waals surface area (Å²) in [7, 11) is 3.99. The van der Waals surface area contributed by atoms with Gasteiger partial charge in [-0.05, 0) is 60.7 Å². The summed E-state index contributed by atoms with van der Waals surface area (Å²) in [6, 6.07) is 18.5. The molecule has 2 aromatic carbocycles. The van der Waals surface area contributed by atoms with Crippen LogP contribution in [0.15, 0.2) is 60.8 Å². The van der Waals surface area contributed by atoms with Gasteiger partial charge in [-0.25, -0.2) is 9.37 Å². The lowest BCUT2D eigenvalue weighted by Crippen LogP contribution is -2.08. The van der Waals surface area contributed by atoms with Crippen molar-refractivity contribution >= 4 is 28.4 Å². The molecule has 4 aromatic rings. The standard InChI is InChI=1S/C22H18FN5/c1-27(2)17-6-8-18(9-7-17)28-11-3-4-19(28)12-15(14-24)22-25-20-10-5-16(23)13-21(20)26-22/h3-13H,1-2H3,(H,25,26)/b15-12-. The Labute approximate surface area is 162 Å². The van der Waals surface area contributed by atoms with E-state index < -0.39 is 0 Å². The Kier molecular flexibility index (Phi) is 4.42. The maximum atomic E-state index is 13.4. The van der Waals surface area contributed by atoms with Gasteiger partial charge < -0.3 is 14.5 Å². The largest absolute Gasteiger partial charge is 0.378 e. The molecule has 0 bridgehead atoms. The number of imidazole rings is 1. The molecule has 0 radical (unpaired) electrons. The van der Waals surface area contributed by atoms with E-state index in [1.165, 1.54) is 12.1 Å². The lowest BCUT2D eigenvalue weighted by atomic mass is 10.2. The molecule has 138 valence electrons. The lowest BCUT2D eigenvalue weighted by Gasteiger charge is -2.13. The molecule has 0 atom stereocenters. The highest BCUT2D eigenvalue weighted by molar-refractivity contribution is 5.90. The van der Waals surface area contributed by atoms with Gasteiger partial charge in [-0.2, -0.15) is 5.26 Å². The van der Waals surface area contributed by atoms with Gasteiger partial charge in [0.1, 0.15) is 17.7 Å². The Hall–Kier alpha value is -3.85. The molecule has 5 nitrogen and oxygen atoms in total. The number of aromatic amines is 1. The molecule has 0 unspecified atom stereocenters. The second kappa shape index (κ2) is 7.05. The maximum Gasteiger partial charge on any atom is 0.149 e. The summed E-state index contributed by atoms with van der Waals surface area (Å²) in [5.74, 6) is 0.0686. The molecule has 0 saturated heterocycles. The van der Waals surface area contributed by atoms with E-state index in [2.05, 4.69) is 16.0 Å². The van der Waals surface area contributed by atoms with E-state index in [1.54, 1.807) is 12.1 Å². The van der Waals surface area contributed by atoms with E-state index in [0.717, 1.165) is 17.1 Å². The number of H-pyrrole nitrogens is 1. The second-order valence-electron chi connectivity index (χ2n) is 6.63. The van der Waals surface area contributed by atoms with E-state index >= 15 is 0 Å². The van der Waals surface area contributed by atoms with Crippen LogP contribution >= 0.6 is 0 Å². The number of benzene rings is 2. The Bertz CT molecular complexity index is 1210. The van der Waals surface area contributed by atoms with Crippen molar-refractivity contribution in [2.75, 3.05) is 19.0 Å². The number of hydrogen-bond donors (Lipinski definition) is 1. The van der Waals surface area contributed by atoms with Crippen LogP contribution in [0.5, 0.6) is 0 Å². The molecular weight excluding hydrogens is 353 g/mol. The molecule has 2 aromatic heterocycles. The van der Waals surface area contributed by atoms with Crippen molar-refractivity contribution in [1.82, 2.24) is 14.5 Å². The minimum absolute atomic E-state index is 0.347. The number of hydrogen-bond acceptors (Lipinski definition) is 3. The quantitative estimate of drug-likeness (QED) is 0.532. The first-order valence-corrected chi connectivity index (χ1v) is 8.78. The fourth-order valence-electron chi connectivity index (χ4n) is 3.07. The highest BCUT2D eigenvalue weighted by Crippen LogP contribution is 2.23. The summed E-state index contributed by atoms with van der Waals surface area (Å²) in [5, 5.41) is 9.65. The van der Waals surface area contributed by atoms with Crippen LogP contribution in [0.2, 0.25) is 0 Å². The summed E-state index contributed by atoms with van der Waals surface area (Å²) < 4.78 is 15.4. The number of fused-ring (bicyclic) bond motifs is 1. The van der Waals surface area contributed by atoms with Crippen molar-refractivity contribution in [3.63, 3.8) is 0 Å². The third kappa shape index (κ3) is 3.26. The number of allylic oxidation sites excluding steroid dienone is 1. The minimum Gasteiger partial charge on any atom is -0.378 e. The smallest absolute Gasteiger partial charge is 0.149 e. The molecule has 2 heterocycles. The molecule has 0 spiro atoms. The van der Waals surface area contributed by atoms with Crippen LogP contribution in [0.1, 0.15) is 11.5 Å². The van der Waals surface area contributed by atoms with Crippen LogP contribution in [0.4, 0.5) is 10.1 Å². The van der Waals surface area contributed by atoms with Gasteiger partial charge in [0.25, 0.3) is 0 Å². The first-order chi connectivity index (χ1) is 13.5. The summed E-state index contributed by atoms with van der Waals surface area (Å²) in [4.78, 5) is 9.47. The van der Waals surface area contributed by atoms with Crippen LogP contribution < -0.4 is 4.90 Å². The number of rotatable bonds is 4. The zero-order valence-electron chi connectivity index (χ0n) is 15.5. The fraction of sp³-hybridized carbons (Fsp3) is 0.0909. The van der Waals surface area contributed by atoms with Gasteiger partial charge in [0.15, 0.2) is 0 Å². The van der Waals surface area contributed by atoms with Crippen molar-refractivity contribution in [3.8, 4) is 11.8 Å². The lowest BCUT2D eigenvalue weighted by molar-refractivity contribution is 0.629. The molecular formula is C22H18FN5. The Morgan fingerprint density at radius 1 is 1.18 bits per heavy atom. The van der Waals surface area contributed by atoms with Crippen LogP contribution in [0, 0.1) is 17.1 Å². The number of nitriles is 1. The Balaban J connectivity index is 1.73. The topological polar surface area (TPSA) is 60.6 Å². The normalized spacial score (nSPS) is 11.6. The SMILES string of the molecule is CN(C)c1ccc(-n2cccc2/C=C(/C#N)c2nc3ccc(F)cc3[nH]2)cc1. The molecule has 0 fully saturated rings. The summed E-state index contributed by atoms with van der Waals surface area (Å²) >= 11 is 0. The minimum atomic E-state index is -0.347. The third-order valence-corrected chi connectivity index (χ3v) is 4.54. The van der Waals surface area contributed by atoms with Gasteiger partial charge in [0.05, 0.1) is 16.6 Å². The Morgan fingerprint density at radius 3 is 2.68 bits per heavy atom. The predicted octanol–water partition coefficient (Wildman–Crippen LogP) is 4.62. The van der Waals surface area contributed by atoms with Crippen LogP contribution in [-0.4, -0.2) is 28.6 Å². The summed E-state index contributed by atoms with van der Waals surface area (Å²) in [6.45, 7) is 0. The van der Waals surface area contributed by atoms with Gasteiger partial charge in [-0.1, -0.05) is 0 Å². The third-order valence-electron chi connectivity index (χ3n) is 4.54. The van der Waals surface area contributed by atoms with E-state index in [1.807, 2.05) is 66.2 Å². The van der Waals surface area contributed by atoms with Crippen LogP contribution in [0.25, 0.3) is 28.4 Å². The average molecular weight is 371 g/mol. The molecule has 0 aliphatic carbocycles. The number of halogens is 1. The summed E-state index contributed by atoms with van der Waals surface area (Å²) in [6.07, 6.45) is 3.72. The molecule has 6 heteroatoms. The monoisotopic (exact) mass is 371 g/mol. The zero-order valence-corrected chi connectivity index (χ0v) is 15.5. The van der Waals surface area contributed by atoms with Crippen LogP contribution in [-0.2, 0) is 0 Å². The zero-order chi connectivity index (χ0) is 19.7. The Morgan fingerprint density at radius 2 is 1.96 bits per heavy atom. The van der Waals surface area contributed by atoms with E-state index in [-0.39, 0.29) is 5.82 Å². The number of nitrogens with zero attached hydrogens (tertiary/aromatic N) is 4. The number of nitrogens with one attached hydrogen (secondary N) is 1. The van der Waals surface area contributed by atoms with Gasteiger partial charge in [0, 0.05) is 37.4 Å². The molecule has 4 rings (SSSR count). The average Bonchev–Trinajstić information content (AvgIpc) is 3.32. The predicted molar refractivity (Wildman–Crippen MR) is 110 cm³/mol. The van der Waals surface area contributed by atoms with E-state index in [9.17, 15) is 9.65 Å². The van der Waals surface area contributed by atoms with E-state index in [0.29, 0.717) is 22.4 Å². The number of aromatic nitrogens is 3. The van der Waals surface area contributed by atoms with Crippen molar-refractivity contribution in [3.05, 3.63) is 78.1 Å². The molecule has 1 N–H and O–H groups in total. The fourth-order valence-corrected chi connectivity index (χ4v) is 3.07. The van der Waals surface area contributed by atoms with Crippen molar-refractivity contribution in [2.45, 2.75) is 0 Å². The second-order valence-corrected chi connectivity index (χ2v) is 6.63. The highest BCUT2D eigenvalue weighted by Gasteiger charge is 2.10. The van der Waals surface area contributed by atoms with E-state index in [4.69, 9.17) is 0 Å². The molecule has 28 heavy (non-hydrogen) atoms. The number of anilines is 1. The van der Waals surface area contributed by atoms with Gasteiger partial charge in [-0.3, -0.25) is 0 Å². The van der Waals surface area contributed by atoms with Crippen LogP contribution in [0.3, 0.4) is 0 Å². The maximum absolute atomic E-state index is 13.4. The molecule has 0 aliphatic heterocycles. The first kappa shape index (κ1) is 17.6. The van der Waals surface area contributed by atoms with Gasteiger partial charge in [0.2, 0.25) is 0 Å². The van der Waals surface area contributed by atoms with Crippen molar-refractivity contribution in [1.29, 1.82) is 5.26 Å². The summed E-state index contributed by atoms with van der Waals surface area (Å²) in [5.41, 5.74) is 4.51.